The summed E-state index contributed by atoms with van der Waals surface area (Å²) in [6.07, 6.45) is 3.25. The summed E-state index contributed by atoms with van der Waals surface area (Å²) in [5.74, 6) is -0.120. The minimum Gasteiger partial charge on any atom is -0.364 e. The van der Waals surface area contributed by atoms with Crippen molar-refractivity contribution in [2.45, 2.75) is 43.7 Å². The van der Waals surface area contributed by atoms with E-state index in [0.717, 1.165) is 37.1 Å². The molecule has 4 amide bonds. The van der Waals surface area contributed by atoms with Crippen LogP contribution in [0, 0.1) is 5.92 Å². The van der Waals surface area contributed by atoms with Crippen molar-refractivity contribution in [3.8, 4) is 0 Å². The number of piperazine rings is 1. The predicted molar refractivity (Wildman–Crippen MR) is 109 cm³/mol. The van der Waals surface area contributed by atoms with Crippen LogP contribution in [0.1, 0.15) is 31.2 Å². The van der Waals surface area contributed by atoms with Crippen molar-refractivity contribution in [3.05, 3.63) is 27.7 Å². The number of benzene rings is 1. The number of anilines is 1. The molecule has 9 heteroatoms. The second-order valence-corrected chi connectivity index (χ2v) is 9.25. The lowest BCUT2D eigenvalue weighted by atomic mass is 9.87. The topological polar surface area (TPSA) is 81.8 Å². The molecule has 3 fully saturated rings. The Morgan fingerprint density at radius 2 is 1.93 bits per heavy atom. The number of nitrogens with zero attached hydrogens (tertiary/aromatic N) is 2. The fourth-order valence-electron chi connectivity index (χ4n) is 5.05. The molecule has 29 heavy (non-hydrogen) atoms. The fraction of sp³-hybridized carbons (Fsp3) is 0.550. The number of nitrogens with one attached hydrogen (secondary N) is 2. The summed E-state index contributed by atoms with van der Waals surface area (Å²) in [5.41, 5.74) is 1.36. The molecule has 7 nitrogen and oxygen atoms in total. The van der Waals surface area contributed by atoms with Crippen LogP contribution in [0.25, 0.3) is 0 Å². The smallest absolute Gasteiger partial charge is 0.322 e. The van der Waals surface area contributed by atoms with Gasteiger partial charge in [0.05, 0.1) is 16.1 Å². The van der Waals surface area contributed by atoms with Gasteiger partial charge in [-0.15, -0.1) is 0 Å². The van der Waals surface area contributed by atoms with Gasteiger partial charge in [-0.25, -0.2) is 4.79 Å². The number of amides is 4. The molecule has 5 rings (SSSR count). The molecule has 0 aromatic heterocycles. The lowest BCUT2D eigenvalue weighted by Crippen LogP contribution is -2.54. The molecule has 4 aliphatic rings. The molecule has 1 aromatic carbocycles. The summed E-state index contributed by atoms with van der Waals surface area (Å²) in [7, 11) is 0. The highest BCUT2D eigenvalue weighted by atomic mass is 35.5. The fourth-order valence-corrected chi connectivity index (χ4v) is 5.39. The number of imide groups is 1. The molecule has 1 aliphatic carbocycles. The van der Waals surface area contributed by atoms with Crippen molar-refractivity contribution in [1.29, 1.82) is 0 Å². The molecule has 2 saturated heterocycles. The zero-order valence-corrected chi connectivity index (χ0v) is 17.4. The Kier molecular flexibility index (Phi) is 4.44. The Hall–Kier alpha value is -1.99. The number of carbonyl (C=O) groups excluding carboxylic acids is 3. The van der Waals surface area contributed by atoms with Crippen LogP contribution in [-0.4, -0.2) is 54.0 Å². The monoisotopic (exact) mass is 436 g/mol. The molecular weight excluding hydrogens is 415 g/mol. The van der Waals surface area contributed by atoms with Crippen molar-refractivity contribution in [1.82, 2.24) is 15.5 Å². The van der Waals surface area contributed by atoms with Crippen LogP contribution in [0.5, 0.6) is 0 Å². The van der Waals surface area contributed by atoms with Gasteiger partial charge in [-0.05, 0) is 49.3 Å². The van der Waals surface area contributed by atoms with Crippen LogP contribution in [-0.2, 0) is 16.0 Å². The molecule has 1 aromatic rings. The SMILES string of the molecule is O=C1NC(=O)[C@](CCC(=O)N2CCN3c4cc(Cl)c(Cl)cc4CC3C2)(C2CC2)N1. The molecule has 154 valence electrons. The van der Waals surface area contributed by atoms with E-state index >= 15 is 0 Å². The molecule has 1 unspecified atom stereocenters. The van der Waals surface area contributed by atoms with Crippen LogP contribution >= 0.6 is 23.2 Å². The van der Waals surface area contributed by atoms with Crippen LogP contribution in [0.2, 0.25) is 10.0 Å². The lowest BCUT2D eigenvalue weighted by Gasteiger charge is -2.39. The van der Waals surface area contributed by atoms with Gasteiger partial charge in [0.15, 0.2) is 0 Å². The number of hydrogen-bond donors (Lipinski definition) is 2. The van der Waals surface area contributed by atoms with E-state index < -0.39 is 11.6 Å². The van der Waals surface area contributed by atoms with Crippen LogP contribution in [0.3, 0.4) is 0 Å². The maximum atomic E-state index is 12.9. The Morgan fingerprint density at radius 1 is 1.17 bits per heavy atom. The summed E-state index contributed by atoms with van der Waals surface area (Å²) in [6.45, 7) is 2.01. The second-order valence-electron chi connectivity index (χ2n) is 8.44. The molecule has 2 atom stereocenters. The van der Waals surface area contributed by atoms with Crippen molar-refractivity contribution in [2.24, 2.45) is 5.92 Å². The molecule has 1 saturated carbocycles. The van der Waals surface area contributed by atoms with Gasteiger partial charge in [0.25, 0.3) is 5.91 Å². The maximum absolute atomic E-state index is 12.9. The van der Waals surface area contributed by atoms with Gasteiger partial charge in [0.2, 0.25) is 5.91 Å². The highest BCUT2D eigenvalue weighted by molar-refractivity contribution is 6.42. The summed E-state index contributed by atoms with van der Waals surface area (Å²) in [4.78, 5) is 41.1. The highest BCUT2D eigenvalue weighted by Crippen LogP contribution is 2.44. The van der Waals surface area contributed by atoms with Gasteiger partial charge < -0.3 is 15.1 Å². The van der Waals surface area contributed by atoms with Crippen molar-refractivity contribution in [3.63, 3.8) is 0 Å². The minimum absolute atomic E-state index is 0.0330. The van der Waals surface area contributed by atoms with Crippen LogP contribution in [0.4, 0.5) is 10.5 Å². The zero-order chi connectivity index (χ0) is 20.3. The molecule has 0 radical (unpaired) electrons. The Labute approximate surface area is 178 Å². The molecule has 2 N–H and O–H groups in total. The first kappa shape index (κ1) is 19.0. The largest absolute Gasteiger partial charge is 0.364 e. The van der Waals surface area contributed by atoms with E-state index in [1.807, 2.05) is 17.0 Å². The zero-order valence-electron chi connectivity index (χ0n) is 15.8. The van der Waals surface area contributed by atoms with Gasteiger partial charge in [-0.1, -0.05) is 23.2 Å². The van der Waals surface area contributed by atoms with Crippen molar-refractivity contribution in [2.75, 3.05) is 24.5 Å². The van der Waals surface area contributed by atoms with Gasteiger partial charge in [0.1, 0.15) is 5.54 Å². The highest BCUT2D eigenvalue weighted by Gasteiger charge is 2.55. The lowest BCUT2D eigenvalue weighted by molar-refractivity contribution is -0.133. The number of urea groups is 1. The normalized spacial score (nSPS) is 28.1. The Balaban J connectivity index is 1.24. The third-order valence-electron chi connectivity index (χ3n) is 6.70. The van der Waals surface area contributed by atoms with E-state index in [1.54, 1.807) is 0 Å². The summed E-state index contributed by atoms with van der Waals surface area (Å²) in [6, 6.07) is 3.59. The van der Waals surface area contributed by atoms with Crippen LogP contribution in [0.15, 0.2) is 12.1 Å². The second kappa shape index (κ2) is 6.77. The first-order valence-corrected chi connectivity index (χ1v) is 10.8. The van der Waals surface area contributed by atoms with Crippen molar-refractivity contribution < 1.29 is 14.4 Å². The van der Waals surface area contributed by atoms with Gasteiger partial charge in [-0.2, -0.15) is 0 Å². The van der Waals surface area contributed by atoms with E-state index in [1.165, 1.54) is 0 Å². The number of halogens is 2. The van der Waals surface area contributed by atoms with E-state index in [0.29, 0.717) is 29.6 Å². The average Bonchev–Trinajstić information content (AvgIpc) is 3.42. The Morgan fingerprint density at radius 3 is 2.62 bits per heavy atom. The number of hydrogen-bond acceptors (Lipinski definition) is 4. The first-order chi connectivity index (χ1) is 13.9. The summed E-state index contributed by atoms with van der Waals surface area (Å²) < 4.78 is 0. The van der Waals surface area contributed by atoms with E-state index in [2.05, 4.69) is 15.5 Å². The Bertz CT molecular complexity index is 919. The first-order valence-electron chi connectivity index (χ1n) is 10.0. The third-order valence-corrected chi connectivity index (χ3v) is 7.42. The number of fused-ring (bicyclic) bond motifs is 3. The van der Waals surface area contributed by atoms with Gasteiger partial charge in [-0.3, -0.25) is 14.9 Å². The minimum atomic E-state index is -0.911. The van der Waals surface area contributed by atoms with Gasteiger partial charge in [0, 0.05) is 31.7 Å². The van der Waals surface area contributed by atoms with Crippen molar-refractivity contribution >= 4 is 46.7 Å². The molecule has 0 spiro atoms. The van der Waals surface area contributed by atoms with E-state index in [4.69, 9.17) is 23.2 Å². The number of carbonyl (C=O) groups is 3. The number of rotatable bonds is 4. The van der Waals surface area contributed by atoms with Crippen LogP contribution < -0.4 is 15.5 Å². The van der Waals surface area contributed by atoms with E-state index in [-0.39, 0.29) is 30.2 Å². The van der Waals surface area contributed by atoms with Gasteiger partial charge >= 0.3 is 6.03 Å². The summed E-state index contributed by atoms with van der Waals surface area (Å²) >= 11 is 12.3. The molecule has 0 bridgehead atoms. The predicted octanol–water partition coefficient (Wildman–Crippen LogP) is 2.34. The standard InChI is InChI=1S/C20H22Cl2N4O3/c21-14-8-11-7-13-10-25(5-6-26(13)16(11)9-15(14)22)17(27)3-4-20(12-1-2-12)18(28)23-19(29)24-20/h8-9,12-13H,1-7,10H2,(H2,23,24,28,29)/t13?,20-/m0/s1. The molecule has 3 heterocycles. The van der Waals surface area contributed by atoms with E-state index in [9.17, 15) is 14.4 Å². The summed E-state index contributed by atoms with van der Waals surface area (Å²) in [5, 5.41) is 6.24. The third kappa shape index (κ3) is 3.15. The molecule has 3 aliphatic heterocycles. The average molecular weight is 437 g/mol. The molecular formula is C20H22Cl2N4O3. The maximum Gasteiger partial charge on any atom is 0.322 e. The quantitative estimate of drug-likeness (QED) is 0.709.